The van der Waals surface area contributed by atoms with Crippen molar-refractivity contribution in [3.8, 4) is 11.5 Å². The van der Waals surface area contributed by atoms with Crippen LogP contribution < -0.4 is 9.47 Å². The Morgan fingerprint density at radius 2 is 1.83 bits per heavy atom. The molecule has 1 N–H and O–H groups in total. The fourth-order valence-corrected chi connectivity index (χ4v) is 2.04. The number of aliphatic hydroxyl groups is 1. The largest absolute Gasteiger partial charge is 0.490 e. The Morgan fingerprint density at radius 3 is 2.39 bits per heavy atom. The lowest BCUT2D eigenvalue weighted by atomic mass is 10.0. The van der Waals surface area contributed by atoms with Crippen molar-refractivity contribution in [1.29, 1.82) is 0 Å². The Bertz CT molecular complexity index is 380. The molecule has 4 heteroatoms. The van der Waals surface area contributed by atoms with Crippen LogP contribution >= 0.6 is 11.6 Å². The first-order valence-electron chi connectivity index (χ1n) is 6.41. The second-order valence-corrected chi connectivity index (χ2v) is 4.41. The normalized spacial score (nSPS) is 12.3. The second-order valence-electron chi connectivity index (χ2n) is 4.00. The lowest BCUT2D eigenvalue weighted by Crippen LogP contribution is -2.03. The van der Waals surface area contributed by atoms with E-state index in [1.165, 1.54) is 0 Å². The fourth-order valence-electron chi connectivity index (χ4n) is 1.77. The Labute approximate surface area is 114 Å². The molecule has 1 aromatic carbocycles. The quantitative estimate of drug-likeness (QED) is 0.816. The van der Waals surface area contributed by atoms with Crippen LogP contribution in [-0.4, -0.2) is 18.3 Å². The van der Waals surface area contributed by atoms with Crippen LogP contribution in [0.25, 0.3) is 0 Å². The molecular weight excluding hydrogens is 252 g/mol. The number of rotatable bonds is 7. The summed E-state index contributed by atoms with van der Waals surface area (Å²) in [6.07, 6.45) is 1.11. The van der Waals surface area contributed by atoms with Gasteiger partial charge in [0.2, 0.25) is 0 Å². The highest BCUT2D eigenvalue weighted by Crippen LogP contribution is 2.38. The highest BCUT2D eigenvalue weighted by atomic mass is 35.5. The standard InChI is InChI=1S/C14H21ClO3/c1-4-7-12(16)10-8-11(15)14(18-6-3)13(9-10)17-5-2/h8-9,12,16H,4-7H2,1-3H3. The van der Waals surface area contributed by atoms with Gasteiger partial charge in [0.05, 0.1) is 24.3 Å². The van der Waals surface area contributed by atoms with E-state index in [-0.39, 0.29) is 0 Å². The molecule has 0 amide bonds. The molecule has 0 saturated carbocycles. The molecule has 0 bridgehead atoms. The second kappa shape index (κ2) is 7.49. The molecule has 0 aliphatic heterocycles. The first-order valence-corrected chi connectivity index (χ1v) is 6.78. The summed E-state index contributed by atoms with van der Waals surface area (Å²) < 4.78 is 11.0. The Hall–Kier alpha value is -0.930. The van der Waals surface area contributed by atoms with Crippen LogP contribution in [0.15, 0.2) is 12.1 Å². The van der Waals surface area contributed by atoms with Crippen molar-refractivity contribution in [1.82, 2.24) is 0 Å². The summed E-state index contributed by atoms with van der Waals surface area (Å²) in [5, 5.41) is 10.5. The zero-order valence-corrected chi connectivity index (χ0v) is 12.0. The summed E-state index contributed by atoms with van der Waals surface area (Å²) >= 11 is 6.18. The van der Waals surface area contributed by atoms with Crippen LogP contribution in [0.3, 0.4) is 0 Å². The van der Waals surface area contributed by atoms with Crippen LogP contribution in [0.2, 0.25) is 5.02 Å². The molecule has 0 aromatic heterocycles. The van der Waals surface area contributed by atoms with Gasteiger partial charge in [-0.25, -0.2) is 0 Å². The first-order chi connectivity index (χ1) is 8.63. The van der Waals surface area contributed by atoms with E-state index in [0.717, 1.165) is 12.0 Å². The Morgan fingerprint density at radius 1 is 1.17 bits per heavy atom. The van der Waals surface area contributed by atoms with Crippen molar-refractivity contribution >= 4 is 11.6 Å². The topological polar surface area (TPSA) is 38.7 Å². The molecule has 102 valence electrons. The summed E-state index contributed by atoms with van der Waals surface area (Å²) in [5.74, 6) is 1.14. The number of halogens is 1. The predicted octanol–water partition coefficient (Wildman–Crippen LogP) is 3.97. The average molecular weight is 273 g/mol. The summed E-state index contributed by atoms with van der Waals surface area (Å²) in [5.41, 5.74) is 0.772. The van der Waals surface area contributed by atoms with Crippen molar-refractivity contribution in [2.45, 2.75) is 39.7 Å². The Kier molecular flexibility index (Phi) is 6.30. The van der Waals surface area contributed by atoms with Gasteiger partial charge in [-0.15, -0.1) is 0 Å². The van der Waals surface area contributed by atoms with Crippen LogP contribution in [0.1, 0.15) is 45.3 Å². The van der Waals surface area contributed by atoms with Gasteiger partial charge in [0.15, 0.2) is 11.5 Å². The minimum atomic E-state index is -0.512. The summed E-state index contributed by atoms with van der Waals surface area (Å²) in [6, 6.07) is 3.55. The Balaban J connectivity index is 3.09. The van der Waals surface area contributed by atoms with Gasteiger partial charge in [0, 0.05) is 0 Å². The number of aliphatic hydroxyl groups excluding tert-OH is 1. The van der Waals surface area contributed by atoms with Crippen LogP contribution in [-0.2, 0) is 0 Å². The van der Waals surface area contributed by atoms with E-state index in [1.54, 1.807) is 12.1 Å². The predicted molar refractivity (Wildman–Crippen MR) is 73.7 cm³/mol. The van der Waals surface area contributed by atoms with Gasteiger partial charge >= 0.3 is 0 Å². The van der Waals surface area contributed by atoms with E-state index in [9.17, 15) is 5.11 Å². The first kappa shape index (κ1) is 15.1. The molecule has 1 aromatic rings. The van der Waals surface area contributed by atoms with Gasteiger partial charge in [0.25, 0.3) is 0 Å². The molecule has 1 unspecified atom stereocenters. The third-order valence-corrected chi connectivity index (χ3v) is 2.85. The van der Waals surface area contributed by atoms with Gasteiger partial charge in [-0.2, -0.15) is 0 Å². The van der Waals surface area contributed by atoms with E-state index < -0.39 is 6.10 Å². The van der Waals surface area contributed by atoms with Crippen molar-refractivity contribution in [3.63, 3.8) is 0 Å². The maximum Gasteiger partial charge on any atom is 0.179 e. The van der Waals surface area contributed by atoms with Crippen LogP contribution in [0, 0.1) is 0 Å². The molecule has 3 nitrogen and oxygen atoms in total. The molecule has 1 atom stereocenters. The molecule has 0 fully saturated rings. The summed E-state index contributed by atoms with van der Waals surface area (Å²) in [7, 11) is 0. The highest BCUT2D eigenvalue weighted by Gasteiger charge is 2.15. The van der Waals surface area contributed by atoms with Crippen molar-refractivity contribution in [2.75, 3.05) is 13.2 Å². The molecule has 0 spiro atoms. The molecule has 0 saturated heterocycles. The number of hydrogen-bond acceptors (Lipinski definition) is 3. The van der Waals surface area contributed by atoms with Gasteiger partial charge in [-0.3, -0.25) is 0 Å². The third kappa shape index (κ3) is 3.79. The molecule has 0 aliphatic carbocycles. The molecule has 1 rings (SSSR count). The smallest absolute Gasteiger partial charge is 0.179 e. The lowest BCUT2D eigenvalue weighted by molar-refractivity contribution is 0.165. The molecular formula is C14H21ClO3. The van der Waals surface area contributed by atoms with E-state index in [2.05, 4.69) is 0 Å². The molecule has 0 aliphatic rings. The number of benzene rings is 1. The van der Waals surface area contributed by atoms with Crippen LogP contribution in [0.4, 0.5) is 0 Å². The van der Waals surface area contributed by atoms with E-state index in [4.69, 9.17) is 21.1 Å². The van der Waals surface area contributed by atoms with Gasteiger partial charge in [0.1, 0.15) is 0 Å². The van der Waals surface area contributed by atoms with Gasteiger partial charge in [-0.1, -0.05) is 24.9 Å². The molecule has 18 heavy (non-hydrogen) atoms. The van der Waals surface area contributed by atoms with Gasteiger partial charge in [-0.05, 0) is 38.0 Å². The minimum Gasteiger partial charge on any atom is -0.490 e. The van der Waals surface area contributed by atoms with Crippen molar-refractivity contribution in [3.05, 3.63) is 22.7 Å². The lowest BCUT2D eigenvalue weighted by Gasteiger charge is -2.16. The SMILES string of the molecule is CCCC(O)c1cc(Cl)c(OCC)c(OCC)c1. The number of hydrogen-bond donors (Lipinski definition) is 1. The average Bonchev–Trinajstić information content (AvgIpc) is 2.33. The van der Waals surface area contributed by atoms with Crippen molar-refractivity contribution < 1.29 is 14.6 Å². The molecule has 0 radical (unpaired) electrons. The van der Waals surface area contributed by atoms with E-state index in [0.29, 0.717) is 36.2 Å². The third-order valence-electron chi connectivity index (χ3n) is 2.57. The zero-order chi connectivity index (χ0) is 13.5. The zero-order valence-electron chi connectivity index (χ0n) is 11.2. The van der Waals surface area contributed by atoms with E-state index in [1.807, 2.05) is 20.8 Å². The summed E-state index contributed by atoms with van der Waals surface area (Å²) in [6.45, 7) is 6.88. The maximum atomic E-state index is 10.0. The minimum absolute atomic E-state index is 0.480. The molecule has 0 heterocycles. The van der Waals surface area contributed by atoms with Crippen LogP contribution in [0.5, 0.6) is 11.5 Å². The monoisotopic (exact) mass is 272 g/mol. The number of ether oxygens (including phenoxy) is 2. The fraction of sp³-hybridized carbons (Fsp3) is 0.571. The van der Waals surface area contributed by atoms with Gasteiger partial charge < -0.3 is 14.6 Å². The highest BCUT2D eigenvalue weighted by molar-refractivity contribution is 6.32. The van der Waals surface area contributed by atoms with E-state index >= 15 is 0 Å². The van der Waals surface area contributed by atoms with Crippen molar-refractivity contribution in [2.24, 2.45) is 0 Å². The summed E-state index contributed by atoms with van der Waals surface area (Å²) in [4.78, 5) is 0. The maximum absolute atomic E-state index is 10.0.